The van der Waals surface area contributed by atoms with Gasteiger partial charge in [0.1, 0.15) is 5.69 Å². The van der Waals surface area contributed by atoms with Gasteiger partial charge in [-0.2, -0.15) is 0 Å². The summed E-state index contributed by atoms with van der Waals surface area (Å²) in [7, 11) is 0. The molecule has 0 fully saturated rings. The van der Waals surface area contributed by atoms with Gasteiger partial charge in [-0.3, -0.25) is 9.59 Å². The summed E-state index contributed by atoms with van der Waals surface area (Å²) in [5.41, 5.74) is 3.56. The molecule has 1 aromatic heterocycles. The fraction of sp³-hybridized carbons (Fsp3) is 0.0455. The fourth-order valence-corrected chi connectivity index (χ4v) is 3.19. The second-order valence-electron chi connectivity index (χ2n) is 6.45. The molecule has 5 nitrogen and oxygen atoms in total. The van der Waals surface area contributed by atoms with Crippen LogP contribution in [-0.4, -0.2) is 15.9 Å². The lowest BCUT2D eigenvalue weighted by molar-refractivity contribution is 0.102. The molecule has 0 saturated carbocycles. The lowest BCUT2D eigenvalue weighted by Gasteiger charge is -2.12. The van der Waals surface area contributed by atoms with E-state index >= 15 is 0 Å². The number of carbonyl (C=O) groups excluding carboxylic acids is 1. The number of halogens is 1. The number of para-hydroxylation sites is 2. The van der Waals surface area contributed by atoms with E-state index in [0.29, 0.717) is 32.9 Å². The number of fused-ring (bicyclic) bond motifs is 1. The molecule has 4 rings (SSSR count). The lowest BCUT2D eigenvalue weighted by atomic mass is 10.1. The molecule has 0 aliphatic carbocycles. The Morgan fingerprint density at radius 3 is 2.68 bits per heavy atom. The molecular weight excluding hydrogens is 374 g/mol. The largest absolute Gasteiger partial charge is 0.321 e. The Morgan fingerprint density at radius 2 is 1.86 bits per heavy atom. The molecule has 2 N–H and O–H groups in total. The number of amides is 1. The molecule has 138 valence electrons. The Bertz CT molecular complexity index is 1260. The summed E-state index contributed by atoms with van der Waals surface area (Å²) in [5.74, 6) is -0.274. The molecule has 3 aromatic carbocycles. The molecule has 0 unspecified atom stereocenters. The van der Waals surface area contributed by atoms with Crippen molar-refractivity contribution in [1.29, 1.82) is 0 Å². The van der Waals surface area contributed by atoms with Crippen LogP contribution in [0.3, 0.4) is 0 Å². The summed E-state index contributed by atoms with van der Waals surface area (Å²) in [6.07, 6.45) is 0. The average molecular weight is 390 g/mol. The van der Waals surface area contributed by atoms with Gasteiger partial charge >= 0.3 is 0 Å². The van der Waals surface area contributed by atoms with E-state index in [1.54, 1.807) is 36.4 Å². The van der Waals surface area contributed by atoms with Crippen molar-refractivity contribution in [1.82, 2.24) is 9.97 Å². The number of aryl methyl sites for hydroxylation is 1. The number of nitrogens with one attached hydrogen (secondary N) is 2. The third kappa shape index (κ3) is 3.52. The summed E-state index contributed by atoms with van der Waals surface area (Å²) in [6, 6.07) is 19.5. The van der Waals surface area contributed by atoms with E-state index < -0.39 is 0 Å². The summed E-state index contributed by atoms with van der Waals surface area (Å²) in [4.78, 5) is 32.6. The van der Waals surface area contributed by atoms with Crippen molar-refractivity contribution in [2.24, 2.45) is 0 Å². The van der Waals surface area contributed by atoms with E-state index in [9.17, 15) is 9.59 Å². The van der Waals surface area contributed by atoms with Crippen LogP contribution in [0.25, 0.3) is 22.3 Å². The van der Waals surface area contributed by atoms with E-state index in [1.807, 2.05) is 37.3 Å². The van der Waals surface area contributed by atoms with Gasteiger partial charge in [0.25, 0.3) is 11.5 Å². The maximum Gasteiger partial charge on any atom is 0.275 e. The Morgan fingerprint density at radius 1 is 1.04 bits per heavy atom. The van der Waals surface area contributed by atoms with Gasteiger partial charge in [-0.05, 0) is 49.4 Å². The van der Waals surface area contributed by atoms with Crippen molar-refractivity contribution in [2.75, 3.05) is 5.32 Å². The molecule has 6 heteroatoms. The first kappa shape index (κ1) is 17.9. The minimum atomic E-state index is -0.355. The fourth-order valence-electron chi connectivity index (χ4n) is 3.01. The van der Waals surface area contributed by atoms with E-state index in [2.05, 4.69) is 15.3 Å². The highest BCUT2D eigenvalue weighted by molar-refractivity contribution is 6.31. The molecule has 28 heavy (non-hydrogen) atoms. The zero-order chi connectivity index (χ0) is 19.7. The number of nitrogens with zero attached hydrogens (tertiary/aromatic N) is 1. The van der Waals surface area contributed by atoms with Crippen molar-refractivity contribution in [3.05, 3.63) is 93.2 Å². The SMILES string of the molecule is Cc1cccc(C(=O)Nc2ccc(Cl)cc2-c2nc3ccccc3[nH]c2=O)c1. The van der Waals surface area contributed by atoms with Crippen molar-refractivity contribution in [2.45, 2.75) is 6.92 Å². The number of anilines is 1. The molecule has 1 heterocycles. The predicted octanol–water partition coefficient (Wildman–Crippen LogP) is 4.80. The molecule has 0 radical (unpaired) electrons. The Labute approximate surface area is 166 Å². The van der Waals surface area contributed by atoms with Gasteiger partial charge in [-0.25, -0.2) is 4.98 Å². The van der Waals surface area contributed by atoms with Crippen LogP contribution in [0.1, 0.15) is 15.9 Å². The number of H-pyrrole nitrogens is 1. The van der Waals surface area contributed by atoms with Crippen LogP contribution in [-0.2, 0) is 0 Å². The highest BCUT2D eigenvalue weighted by Crippen LogP contribution is 2.29. The van der Waals surface area contributed by atoms with Gasteiger partial charge in [0.05, 0.1) is 16.7 Å². The monoisotopic (exact) mass is 389 g/mol. The zero-order valence-electron chi connectivity index (χ0n) is 15.0. The lowest BCUT2D eigenvalue weighted by Crippen LogP contribution is -2.16. The van der Waals surface area contributed by atoms with Gasteiger partial charge < -0.3 is 10.3 Å². The van der Waals surface area contributed by atoms with E-state index in [1.165, 1.54) is 0 Å². The Hall–Kier alpha value is -3.44. The highest BCUT2D eigenvalue weighted by Gasteiger charge is 2.15. The number of aromatic amines is 1. The first-order chi connectivity index (χ1) is 13.5. The van der Waals surface area contributed by atoms with E-state index in [0.717, 1.165) is 5.56 Å². The molecule has 1 amide bonds. The van der Waals surface area contributed by atoms with Gasteiger partial charge in [0, 0.05) is 16.1 Å². The Balaban J connectivity index is 1.80. The summed E-state index contributed by atoms with van der Waals surface area (Å²) >= 11 is 6.16. The van der Waals surface area contributed by atoms with Gasteiger partial charge in [0.15, 0.2) is 0 Å². The Kier molecular flexibility index (Phi) is 4.67. The number of rotatable bonds is 3. The third-order valence-corrected chi connectivity index (χ3v) is 4.60. The van der Waals surface area contributed by atoms with Crippen LogP contribution in [0.2, 0.25) is 5.02 Å². The van der Waals surface area contributed by atoms with Crippen LogP contribution in [0.15, 0.2) is 71.5 Å². The smallest absolute Gasteiger partial charge is 0.275 e. The molecule has 0 atom stereocenters. The van der Waals surface area contributed by atoms with Gasteiger partial charge in [0.2, 0.25) is 0 Å². The van der Waals surface area contributed by atoms with E-state index in [-0.39, 0.29) is 17.2 Å². The summed E-state index contributed by atoms with van der Waals surface area (Å²) in [6.45, 7) is 1.92. The third-order valence-electron chi connectivity index (χ3n) is 4.36. The molecule has 0 aliphatic rings. The summed E-state index contributed by atoms with van der Waals surface area (Å²) < 4.78 is 0. The van der Waals surface area contributed by atoms with Crippen LogP contribution >= 0.6 is 11.6 Å². The first-order valence-electron chi connectivity index (χ1n) is 8.68. The van der Waals surface area contributed by atoms with Gasteiger partial charge in [-0.1, -0.05) is 41.4 Å². The zero-order valence-corrected chi connectivity index (χ0v) is 15.7. The number of benzene rings is 3. The van der Waals surface area contributed by atoms with Crippen molar-refractivity contribution in [3.8, 4) is 11.3 Å². The summed E-state index contributed by atoms with van der Waals surface area (Å²) in [5, 5.41) is 3.31. The van der Waals surface area contributed by atoms with Crippen molar-refractivity contribution in [3.63, 3.8) is 0 Å². The quantitative estimate of drug-likeness (QED) is 0.528. The molecule has 0 bridgehead atoms. The normalized spacial score (nSPS) is 10.8. The second kappa shape index (κ2) is 7.29. The van der Waals surface area contributed by atoms with E-state index in [4.69, 9.17) is 11.6 Å². The highest BCUT2D eigenvalue weighted by atomic mass is 35.5. The number of hydrogen-bond donors (Lipinski definition) is 2. The van der Waals surface area contributed by atoms with Gasteiger partial charge in [-0.15, -0.1) is 0 Å². The molecular formula is C22H16ClN3O2. The standard InChI is InChI=1S/C22H16ClN3O2/c1-13-5-4-6-14(11-13)21(27)25-17-10-9-15(23)12-16(17)20-22(28)26-19-8-3-2-7-18(19)24-20/h2-12H,1H3,(H,25,27)(H,26,28). The van der Waals surface area contributed by atoms with Crippen molar-refractivity contribution < 1.29 is 4.79 Å². The maximum absolute atomic E-state index is 12.7. The molecule has 0 aliphatic heterocycles. The number of aromatic nitrogens is 2. The van der Waals surface area contributed by atoms with Crippen molar-refractivity contribution >= 4 is 34.2 Å². The first-order valence-corrected chi connectivity index (χ1v) is 9.06. The van der Waals surface area contributed by atoms with Crippen LogP contribution in [0.4, 0.5) is 5.69 Å². The minimum Gasteiger partial charge on any atom is -0.321 e. The minimum absolute atomic E-state index is 0.195. The molecule has 0 spiro atoms. The topological polar surface area (TPSA) is 74.8 Å². The molecule has 4 aromatic rings. The number of carbonyl (C=O) groups is 1. The van der Waals surface area contributed by atoms with Crippen LogP contribution < -0.4 is 10.9 Å². The second-order valence-corrected chi connectivity index (χ2v) is 6.88. The van der Waals surface area contributed by atoms with Crippen LogP contribution in [0, 0.1) is 6.92 Å². The van der Waals surface area contributed by atoms with Crippen LogP contribution in [0.5, 0.6) is 0 Å². The number of hydrogen-bond acceptors (Lipinski definition) is 3. The molecule has 0 saturated heterocycles. The maximum atomic E-state index is 12.7. The predicted molar refractivity (Wildman–Crippen MR) is 112 cm³/mol. The average Bonchev–Trinajstić information content (AvgIpc) is 2.69.